The summed E-state index contributed by atoms with van der Waals surface area (Å²) in [6.07, 6.45) is 1.65. The molecule has 74 valence electrons. The van der Waals surface area contributed by atoms with Gasteiger partial charge >= 0.3 is 10.3 Å². The van der Waals surface area contributed by atoms with Crippen LogP contribution in [0, 0.1) is 0 Å². The van der Waals surface area contributed by atoms with Gasteiger partial charge in [-0.15, -0.1) is 0 Å². The Hall–Kier alpha value is -0.170. The molecule has 6 heteroatoms. The number of hydrogen-bond acceptors (Lipinski definition) is 4. The molecule has 0 aromatic heterocycles. The maximum Gasteiger partial charge on any atom is 0.335 e. The summed E-state index contributed by atoms with van der Waals surface area (Å²) in [6.45, 7) is 2.69. The lowest BCUT2D eigenvalue weighted by Gasteiger charge is -2.04. The van der Waals surface area contributed by atoms with Gasteiger partial charge in [0.05, 0.1) is 6.61 Å². The predicted octanol–water partition coefficient (Wildman–Crippen LogP) is -0.404. The summed E-state index contributed by atoms with van der Waals surface area (Å²) in [5, 5.41) is 0. The van der Waals surface area contributed by atoms with Gasteiger partial charge in [-0.3, -0.25) is 4.18 Å². The summed E-state index contributed by atoms with van der Waals surface area (Å²) >= 11 is 0. The highest BCUT2D eigenvalue weighted by Crippen LogP contribution is 1.92. The van der Waals surface area contributed by atoms with Crippen molar-refractivity contribution in [1.82, 2.24) is 4.72 Å². The van der Waals surface area contributed by atoms with Crippen molar-refractivity contribution in [2.24, 2.45) is 5.73 Å². The molecule has 0 atom stereocenters. The second-order valence-electron chi connectivity index (χ2n) is 2.31. The monoisotopic (exact) mass is 196 g/mol. The first-order valence-corrected chi connectivity index (χ1v) is 5.37. The summed E-state index contributed by atoms with van der Waals surface area (Å²) in [4.78, 5) is 0. The Morgan fingerprint density at radius 3 is 2.67 bits per heavy atom. The summed E-state index contributed by atoms with van der Waals surface area (Å²) < 4.78 is 28.5. The van der Waals surface area contributed by atoms with Crippen molar-refractivity contribution in [3.8, 4) is 0 Å². The van der Waals surface area contributed by atoms with Gasteiger partial charge in [-0.1, -0.05) is 13.3 Å². The molecule has 0 aromatic carbocycles. The van der Waals surface area contributed by atoms with E-state index in [1.54, 1.807) is 0 Å². The van der Waals surface area contributed by atoms with Crippen molar-refractivity contribution in [2.75, 3.05) is 19.7 Å². The number of hydrogen-bond donors (Lipinski definition) is 2. The Labute approximate surface area is 73.5 Å². The van der Waals surface area contributed by atoms with E-state index < -0.39 is 10.3 Å². The van der Waals surface area contributed by atoms with E-state index in [2.05, 4.69) is 8.91 Å². The zero-order valence-corrected chi connectivity index (χ0v) is 8.06. The topological polar surface area (TPSA) is 81.4 Å². The van der Waals surface area contributed by atoms with Crippen molar-refractivity contribution in [2.45, 2.75) is 19.8 Å². The summed E-state index contributed by atoms with van der Waals surface area (Å²) in [5.74, 6) is 0. The van der Waals surface area contributed by atoms with Crippen LogP contribution in [-0.2, 0) is 14.5 Å². The number of nitrogens with two attached hydrogens (primary N) is 1. The molecule has 0 aliphatic heterocycles. The number of nitrogens with one attached hydrogen (secondary N) is 1. The van der Waals surface area contributed by atoms with Crippen LogP contribution in [0.1, 0.15) is 19.8 Å². The van der Waals surface area contributed by atoms with Crippen LogP contribution >= 0.6 is 0 Å². The molecule has 0 unspecified atom stereocenters. The normalized spacial score (nSPS) is 11.8. The van der Waals surface area contributed by atoms with Gasteiger partial charge in [-0.25, -0.2) is 0 Å². The summed E-state index contributed by atoms with van der Waals surface area (Å²) in [5.41, 5.74) is 5.11. The Morgan fingerprint density at radius 1 is 1.50 bits per heavy atom. The average molecular weight is 196 g/mol. The average Bonchev–Trinajstić information content (AvgIpc) is 2.01. The Kier molecular flexibility index (Phi) is 6.27. The molecule has 0 rings (SSSR count). The van der Waals surface area contributed by atoms with Gasteiger partial charge in [0.1, 0.15) is 0 Å². The first kappa shape index (κ1) is 11.8. The van der Waals surface area contributed by atoms with E-state index in [9.17, 15) is 8.42 Å². The molecule has 0 aromatic rings. The van der Waals surface area contributed by atoms with E-state index in [4.69, 9.17) is 5.73 Å². The number of unbranched alkanes of at least 4 members (excludes halogenated alkanes) is 1. The maximum absolute atomic E-state index is 10.9. The molecule has 0 saturated carbocycles. The highest BCUT2D eigenvalue weighted by Gasteiger charge is 2.07. The van der Waals surface area contributed by atoms with Gasteiger partial charge in [-0.2, -0.15) is 13.1 Å². The minimum atomic E-state index is -3.55. The van der Waals surface area contributed by atoms with Crippen molar-refractivity contribution >= 4 is 10.3 Å². The van der Waals surface area contributed by atoms with Gasteiger partial charge in [0.15, 0.2) is 0 Å². The van der Waals surface area contributed by atoms with Gasteiger partial charge < -0.3 is 5.73 Å². The third kappa shape index (κ3) is 6.53. The van der Waals surface area contributed by atoms with Crippen LogP contribution < -0.4 is 10.5 Å². The van der Waals surface area contributed by atoms with Gasteiger partial charge in [0, 0.05) is 13.1 Å². The fourth-order valence-corrected chi connectivity index (χ4v) is 1.33. The van der Waals surface area contributed by atoms with Gasteiger partial charge in [-0.05, 0) is 6.42 Å². The zero-order chi connectivity index (χ0) is 9.45. The quantitative estimate of drug-likeness (QED) is 0.543. The van der Waals surface area contributed by atoms with E-state index in [-0.39, 0.29) is 19.7 Å². The molecule has 0 amide bonds. The molecular weight excluding hydrogens is 180 g/mol. The maximum atomic E-state index is 10.9. The molecule has 5 nitrogen and oxygen atoms in total. The van der Waals surface area contributed by atoms with Crippen LogP contribution in [0.4, 0.5) is 0 Å². The molecule has 0 saturated heterocycles. The summed E-state index contributed by atoms with van der Waals surface area (Å²) in [6, 6.07) is 0. The largest absolute Gasteiger partial charge is 0.335 e. The van der Waals surface area contributed by atoms with Crippen molar-refractivity contribution in [1.29, 1.82) is 0 Å². The van der Waals surface area contributed by atoms with Crippen LogP contribution in [0.2, 0.25) is 0 Å². The molecule has 3 N–H and O–H groups in total. The second kappa shape index (κ2) is 6.36. The zero-order valence-electron chi connectivity index (χ0n) is 7.25. The van der Waals surface area contributed by atoms with E-state index in [0.717, 1.165) is 12.8 Å². The minimum Gasteiger partial charge on any atom is -0.329 e. The van der Waals surface area contributed by atoms with Crippen LogP contribution in [0.5, 0.6) is 0 Å². The Bertz CT molecular complexity index is 191. The lowest BCUT2D eigenvalue weighted by molar-refractivity contribution is 0.304. The SMILES string of the molecule is CCCCOS(=O)(=O)NCCN. The van der Waals surface area contributed by atoms with E-state index in [0.29, 0.717) is 0 Å². The van der Waals surface area contributed by atoms with Crippen LogP contribution in [-0.4, -0.2) is 28.1 Å². The van der Waals surface area contributed by atoms with Gasteiger partial charge in [0.2, 0.25) is 0 Å². The predicted molar refractivity (Wildman–Crippen MR) is 46.8 cm³/mol. The molecule has 12 heavy (non-hydrogen) atoms. The molecule has 0 heterocycles. The lowest BCUT2D eigenvalue weighted by Crippen LogP contribution is -2.30. The minimum absolute atomic E-state index is 0.217. The van der Waals surface area contributed by atoms with E-state index in [1.807, 2.05) is 6.92 Å². The van der Waals surface area contributed by atoms with Crippen molar-refractivity contribution in [3.63, 3.8) is 0 Å². The van der Waals surface area contributed by atoms with Crippen LogP contribution in [0.25, 0.3) is 0 Å². The third-order valence-corrected chi connectivity index (χ3v) is 2.19. The second-order valence-corrected chi connectivity index (χ2v) is 3.75. The molecule has 0 fully saturated rings. The highest BCUT2D eigenvalue weighted by molar-refractivity contribution is 7.84. The first-order chi connectivity index (χ1) is 5.62. The molecule has 0 spiro atoms. The van der Waals surface area contributed by atoms with Crippen molar-refractivity contribution in [3.05, 3.63) is 0 Å². The van der Waals surface area contributed by atoms with Gasteiger partial charge in [0.25, 0.3) is 0 Å². The molecule has 0 radical (unpaired) electrons. The van der Waals surface area contributed by atoms with Crippen LogP contribution in [0.15, 0.2) is 0 Å². The van der Waals surface area contributed by atoms with Crippen LogP contribution in [0.3, 0.4) is 0 Å². The molecule has 0 bridgehead atoms. The number of rotatable bonds is 7. The standard InChI is InChI=1S/C6H16N2O3S/c1-2-3-6-11-12(9,10)8-5-4-7/h8H,2-7H2,1H3. The Balaban J connectivity index is 3.58. The fraction of sp³-hybridized carbons (Fsp3) is 1.00. The summed E-state index contributed by atoms with van der Waals surface area (Å²) in [7, 11) is -3.55. The van der Waals surface area contributed by atoms with Crippen molar-refractivity contribution < 1.29 is 12.6 Å². The highest BCUT2D eigenvalue weighted by atomic mass is 32.2. The lowest BCUT2D eigenvalue weighted by atomic mass is 10.4. The molecule has 0 aliphatic rings. The van der Waals surface area contributed by atoms with E-state index >= 15 is 0 Å². The molecular formula is C6H16N2O3S. The first-order valence-electron chi connectivity index (χ1n) is 3.96. The molecule has 0 aliphatic carbocycles. The Morgan fingerprint density at radius 2 is 2.17 bits per heavy atom. The van der Waals surface area contributed by atoms with E-state index in [1.165, 1.54) is 0 Å². The smallest absolute Gasteiger partial charge is 0.329 e. The fourth-order valence-electron chi connectivity index (χ4n) is 0.539. The third-order valence-electron chi connectivity index (χ3n) is 1.16.